The summed E-state index contributed by atoms with van der Waals surface area (Å²) >= 11 is 4.80. The SMILES string of the molecule is O=C(c1ccc(Br)s1)N(Cc1nc2ccccc2c(=O)[nH]1)CC1CCCO1. The van der Waals surface area contributed by atoms with Gasteiger partial charge < -0.3 is 14.6 Å². The van der Waals surface area contributed by atoms with Crippen LogP contribution in [0.2, 0.25) is 0 Å². The van der Waals surface area contributed by atoms with Gasteiger partial charge in [0.1, 0.15) is 5.82 Å². The van der Waals surface area contributed by atoms with Crippen molar-refractivity contribution in [1.82, 2.24) is 14.9 Å². The van der Waals surface area contributed by atoms with Crippen molar-refractivity contribution in [2.45, 2.75) is 25.5 Å². The molecule has 2 aromatic heterocycles. The van der Waals surface area contributed by atoms with Crippen molar-refractivity contribution < 1.29 is 9.53 Å². The molecule has 1 saturated heterocycles. The first-order valence-electron chi connectivity index (χ1n) is 8.74. The highest BCUT2D eigenvalue weighted by Gasteiger charge is 2.25. The van der Waals surface area contributed by atoms with Crippen molar-refractivity contribution in [1.29, 1.82) is 0 Å². The molecule has 0 aliphatic carbocycles. The molecule has 1 aliphatic heterocycles. The van der Waals surface area contributed by atoms with Gasteiger partial charge in [-0.2, -0.15) is 0 Å². The number of benzene rings is 1. The van der Waals surface area contributed by atoms with E-state index in [1.54, 1.807) is 29.2 Å². The van der Waals surface area contributed by atoms with E-state index in [-0.39, 0.29) is 24.1 Å². The molecule has 0 spiro atoms. The smallest absolute Gasteiger partial charge is 0.264 e. The topological polar surface area (TPSA) is 75.3 Å². The maximum atomic E-state index is 13.0. The quantitative estimate of drug-likeness (QED) is 0.648. The van der Waals surface area contributed by atoms with E-state index in [4.69, 9.17) is 4.74 Å². The zero-order valence-corrected chi connectivity index (χ0v) is 16.9. The predicted molar refractivity (Wildman–Crippen MR) is 108 cm³/mol. The fraction of sp³-hybridized carbons (Fsp3) is 0.316. The Morgan fingerprint density at radius 3 is 2.93 bits per heavy atom. The normalized spacial score (nSPS) is 16.7. The second-order valence-corrected chi connectivity index (χ2v) is 8.92. The molecular weight excluding hydrogens is 430 g/mol. The largest absolute Gasteiger partial charge is 0.376 e. The molecule has 0 bridgehead atoms. The number of nitrogens with one attached hydrogen (secondary N) is 1. The predicted octanol–water partition coefficient (Wildman–Crippen LogP) is 3.57. The minimum Gasteiger partial charge on any atom is -0.376 e. The van der Waals surface area contributed by atoms with E-state index < -0.39 is 0 Å². The molecule has 140 valence electrons. The Labute approximate surface area is 168 Å². The summed E-state index contributed by atoms with van der Waals surface area (Å²) in [7, 11) is 0. The van der Waals surface area contributed by atoms with E-state index in [9.17, 15) is 9.59 Å². The number of thiophene rings is 1. The van der Waals surface area contributed by atoms with Crippen molar-refractivity contribution in [3.05, 3.63) is 61.2 Å². The lowest BCUT2D eigenvalue weighted by Gasteiger charge is -2.24. The average Bonchev–Trinajstić information content (AvgIpc) is 3.32. The summed E-state index contributed by atoms with van der Waals surface area (Å²) in [4.78, 5) is 35.1. The maximum Gasteiger partial charge on any atom is 0.264 e. The van der Waals surface area contributed by atoms with Crippen LogP contribution in [0.15, 0.2) is 45.0 Å². The third-order valence-corrected chi connectivity index (χ3v) is 6.13. The second-order valence-electron chi connectivity index (χ2n) is 6.45. The Morgan fingerprint density at radius 2 is 2.19 bits per heavy atom. The molecule has 0 saturated carbocycles. The standard InChI is InChI=1S/C19H18BrN3O3S/c20-16-8-7-15(27-16)19(25)23(10-12-4-3-9-26-12)11-17-21-14-6-2-1-5-13(14)18(24)22-17/h1-2,5-8,12H,3-4,9-11H2,(H,21,22,24). The van der Waals surface area contributed by atoms with Gasteiger partial charge in [0.25, 0.3) is 11.5 Å². The summed E-state index contributed by atoms with van der Waals surface area (Å²) in [6.45, 7) is 1.43. The van der Waals surface area contributed by atoms with Crippen LogP contribution in [0.4, 0.5) is 0 Å². The lowest BCUT2D eigenvalue weighted by molar-refractivity contribution is 0.0505. The number of aromatic nitrogens is 2. The van der Waals surface area contributed by atoms with Gasteiger partial charge in [0.2, 0.25) is 0 Å². The molecule has 1 amide bonds. The lowest BCUT2D eigenvalue weighted by atomic mass is 10.2. The van der Waals surface area contributed by atoms with E-state index in [1.807, 2.05) is 12.1 Å². The highest BCUT2D eigenvalue weighted by atomic mass is 79.9. The molecule has 1 N–H and O–H groups in total. The number of carbonyl (C=O) groups excluding carboxylic acids is 1. The molecule has 1 fully saturated rings. The monoisotopic (exact) mass is 447 g/mol. The fourth-order valence-corrected chi connectivity index (χ4v) is 4.58. The number of aromatic amines is 1. The summed E-state index contributed by atoms with van der Waals surface area (Å²) in [5, 5.41) is 0.542. The van der Waals surface area contributed by atoms with Crippen LogP contribution in [-0.4, -0.2) is 40.0 Å². The zero-order chi connectivity index (χ0) is 18.8. The van der Waals surface area contributed by atoms with Gasteiger partial charge in [-0.3, -0.25) is 9.59 Å². The van der Waals surface area contributed by atoms with Gasteiger partial charge in [-0.1, -0.05) is 12.1 Å². The van der Waals surface area contributed by atoms with Gasteiger partial charge in [0.15, 0.2) is 0 Å². The van der Waals surface area contributed by atoms with Crippen LogP contribution in [0.25, 0.3) is 10.9 Å². The van der Waals surface area contributed by atoms with E-state index in [1.165, 1.54) is 11.3 Å². The molecule has 1 aromatic carbocycles. The number of amides is 1. The minimum absolute atomic E-state index is 0.0181. The zero-order valence-electron chi connectivity index (χ0n) is 14.5. The van der Waals surface area contributed by atoms with Gasteiger partial charge in [0, 0.05) is 13.2 Å². The lowest BCUT2D eigenvalue weighted by Crippen LogP contribution is -2.37. The summed E-state index contributed by atoms with van der Waals surface area (Å²) in [5.74, 6) is 0.387. The Bertz CT molecular complexity index is 1030. The molecule has 3 aromatic rings. The fourth-order valence-electron chi connectivity index (χ4n) is 3.23. The van der Waals surface area contributed by atoms with E-state index in [2.05, 4.69) is 25.9 Å². The maximum absolute atomic E-state index is 13.0. The number of hydrogen-bond donors (Lipinski definition) is 1. The second kappa shape index (κ2) is 7.92. The van der Waals surface area contributed by atoms with Gasteiger partial charge >= 0.3 is 0 Å². The summed E-state index contributed by atoms with van der Waals surface area (Å²) in [5.41, 5.74) is 0.429. The Morgan fingerprint density at radius 1 is 1.33 bits per heavy atom. The van der Waals surface area contributed by atoms with Gasteiger partial charge in [0.05, 0.1) is 32.2 Å². The molecule has 0 radical (unpaired) electrons. The van der Waals surface area contributed by atoms with Crippen molar-refractivity contribution in [3.8, 4) is 0 Å². The molecule has 27 heavy (non-hydrogen) atoms. The minimum atomic E-state index is -0.195. The molecular formula is C19H18BrN3O3S. The molecule has 6 nitrogen and oxygen atoms in total. The average molecular weight is 448 g/mol. The number of para-hydroxylation sites is 1. The van der Waals surface area contributed by atoms with Crippen LogP contribution < -0.4 is 5.56 Å². The first-order valence-corrected chi connectivity index (χ1v) is 10.4. The van der Waals surface area contributed by atoms with Gasteiger partial charge in [-0.05, 0) is 53.0 Å². The highest BCUT2D eigenvalue weighted by Crippen LogP contribution is 2.25. The first kappa shape index (κ1) is 18.3. The first-order chi connectivity index (χ1) is 13.1. The number of halogens is 1. The Hall–Kier alpha value is -2.03. The number of fused-ring (bicyclic) bond motifs is 1. The Balaban J connectivity index is 1.63. The van der Waals surface area contributed by atoms with Crippen LogP contribution in [0, 0.1) is 0 Å². The number of rotatable bonds is 5. The third kappa shape index (κ3) is 4.12. The number of hydrogen-bond acceptors (Lipinski definition) is 5. The van der Waals surface area contributed by atoms with Crippen LogP contribution in [0.5, 0.6) is 0 Å². The number of H-pyrrole nitrogens is 1. The summed E-state index contributed by atoms with van der Waals surface area (Å²) in [6.07, 6.45) is 1.95. The molecule has 8 heteroatoms. The Kier molecular flexibility index (Phi) is 5.38. The van der Waals surface area contributed by atoms with Gasteiger partial charge in [-0.15, -0.1) is 11.3 Å². The van der Waals surface area contributed by atoms with Crippen LogP contribution in [-0.2, 0) is 11.3 Å². The number of carbonyl (C=O) groups is 1. The molecule has 3 heterocycles. The van der Waals surface area contributed by atoms with Crippen molar-refractivity contribution in [2.75, 3.05) is 13.2 Å². The van der Waals surface area contributed by atoms with E-state index in [0.717, 1.165) is 23.2 Å². The molecule has 1 aliphatic rings. The summed E-state index contributed by atoms with van der Waals surface area (Å²) in [6, 6.07) is 10.9. The highest BCUT2D eigenvalue weighted by molar-refractivity contribution is 9.11. The summed E-state index contributed by atoms with van der Waals surface area (Å²) < 4.78 is 6.62. The van der Waals surface area contributed by atoms with Crippen LogP contribution >= 0.6 is 27.3 Å². The third-order valence-electron chi connectivity index (χ3n) is 4.52. The molecule has 1 atom stereocenters. The van der Waals surface area contributed by atoms with E-state index in [0.29, 0.717) is 28.1 Å². The number of nitrogens with zero attached hydrogens (tertiary/aromatic N) is 2. The van der Waals surface area contributed by atoms with Crippen LogP contribution in [0.3, 0.4) is 0 Å². The van der Waals surface area contributed by atoms with Crippen molar-refractivity contribution in [2.24, 2.45) is 0 Å². The van der Waals surface area contributed by atoms with Gasteiger partial charge in [-0.25, -0.2) is 4.98 Å². The van der Waals surface area contributed by atoms with Crippen LogP contribution in [0.1, 0.15) is 28.3 Å². The van der Waals surface area contributed by atoms with Crippen molar-refractivity contribution in [3.63, 3.8) is 0 Å². The van der Waals surface area contributed by atoms with E-state index >= 15 is 0 Å². The van der Waals surface area contributed by atoms with Crippen molar-refractivity contribution >= 4 is 44.1 Å². The number of ether oxygens (including phenoxy) is 1. The molecule has 1 unspecified atom stereocenters. The molecule has 4 rings (SSSR count).